The molecule has 1 amide bonds. The average molecular weight is 273 g/mol. The van der Waals surface area contributed by atoms with Crippen LogP contribution in [0.15, 0.2) is 24.3 Å². The molecular formula is C12H11N5OS. The smallest absolute Gasteiger partial charge is 0.271 e. The summed E-state index contributed by atoms with van der Waals surface area (Å²) in [5.41, 5.74) is 2.41. The molecule has 3 aromatic rings. The van der Waals surface area contributed by atoms with E-state index in [0.29, 0.717) is 22.9 Å². The molecule has 1 aromatic carbocycles. The molecule has 6 nitrogen and oxygen atoms in total. The molecular weight excluding hydrogens is 262 g/mol. The molecule has 96 valence electrons. The molecule has 0 atom stereocenters. The minimum Gasteiger partial charge on any atom is -0.324 e. The molecule has 0 saturated heterocycles. The first kappa shape index (κ1) is 11.8. The predicted octanol–water partition coefficient (Wildman–Crippen LogP) is 2.23. The van der Waals surface area contributed by atoms with Crippen molar-refractivity contribution in [3.63, 3.8) is 0 Å². The lowest BCUT2D eigenvalue weighted by molar-refractivity contribution is 0.102. The Bertz CT molecular complexity index is 699. The first-order valence-electron chi connectivity index (χ1n) is 5.85. The van der Waals surface area contributed by atoms with Crippen molar-refractivity contribution in [1.82, 2.24) is 19.6 Å². The summed E-state index contributed by atoms with van der Waals surface area (Å²) in [5.74, 6) is 0.201. The van der Waals surface area contributed by atoms with E-state index in [2.05, 4.69) is 24.9 Å². The van der Waals surface area contributed by atoms with Gasteiger partial charge >= 0.3 is 0 Å². The van der Waals surface area contributed by atoms with Crippen LogP contribution >= 0.6 is 11.5 Å². The number of carbonyl (C=O) groups is 1. The minimum absolute atomic E-state index is 0.231. The summed E-state index contributed by atoms with van der Waals surface area (Å²) in [6.07, 6.45) is 0.680. The lowest BCUT2D eigenvalue weighted by atomic mass is 10.3. The van der Waals surface area contributed by atoms with E-state index in [1.54, 1.807) is 0 Å². The van der Waals surface area contributed by atoms with Gasteiger partial charge in [-0.2, -0.15) is 0 Å². The number of fused-ring (bicyclic) bond motifs is 1. The van der Waals surface area contributed by atoms with Crippen molar-refractivity contribution in [3.05, 3.63) is 34.8 Å². The van der Waals surface area contributed by atoms with Gasteiger partial charge in [-0.3, -0.25) is 10.1 Å². The summed E-state index contributed by atoms with van der Waals surface area (Å²) in [5, 5.41) is 6.65. The fraction of sp³-hybridized carbons (Fsp3) is 0.167. The van der Waals surface area contributed by atoms with Crippen molar-refractivity contribution in [3.8, 4) is 0 Å². The van der Waals surface area contributed by atoms with Gasteiger partial charge in [-0.05, 0) is 30.1 Å². The van der Waals surface area contributed by atoms with Gasteiger partial charge in [0.2, 0.25) is 5.95 Å². The van der Waals surface area contributed by atoms with Crippen molar-refractivity contribution in [2.24, 2.45) is 0 Å². The van der Waals surface area contributed by atoms with Gasteiger partial charge in [0.25, 0.3) is 5.91 Å². The number of benzene rings is 1. The highest BCUT2D eigenvalue weighted by Gasteiger charge is 2.16. The molecule has 0 aliphatic rings. The fourth-order valence-corrected chi connectivity index (χ4v) is 2.43. The van der Waals surface area contributed by atoms with Crippen LogP contribution in [0, 0.1) is 0 Å². The normalized spacial score (nSPS) is 10.8. The lowest BCUT2D eigenvalue weighted by Gasteiger charge is -1.99. The number of rotatable bonds is 3. The van der Waals surface area contributed by atoms with Crippen molar-refractivity contribution < 1.29 is 4.79 Å². The highest BCUT2D eigenvalue weighted by Crippen LogP contribution is 2.16. The third-order valence-electron chi connectivity index (χ3n) is 2.72. The number of para-hydroxylation sites is 2. The summed E-state index contributed by atoms with van der Waals surface area (Å²) >= 11 is 1.09. The Morgan fingerprint density at radius 3 is 3.05 bits per heavy atom. The first-order valence-corrected chi connectivity index (χ1v) is 6.62. The molecule has 0 spiro atoms. The van der Waals surface area contributed by atoms with E-state index in [0.717, 1.165) is 22.6 Å². The van der Waals surface area contributed by atoms with Gasteiger partial charge < -0.3 is 4.98 Å². The van der Waals surface area contributed by atoms with Gasteiger partial charge in [-0.25, -0.2) is 4.98 Å². The number of carbonyl (C=O) groups excluding carboxylic acids is 1. The first-order chi connectivity index (χ1) is 9.28. The second kappa shape index (κ2) is 4.77. The van der Waals surface area contributed by atoms with Crippen LogP contribution in [0.3, 0.4) is 0 Å². The number of aryl methyl sites for hydroxylation is 1. The number of anilines is 1. The predicted molar refractivity (Wildman–Crippen MR) is 73.3 cm³/mol. The molecule has 0 aliphatic heterocycles. The molecule has 2 N–H and O–H groups in total. The molecule has 0 bridgehead atoms. The zero-order chi connectivity index (χ0) is 13.2. The van der Waals surface area contributed by atoms with Crippen molar-refractivity contribution >= 4 is 34.4 Å². The van der Waals surface area contributed by atoms with Crippen LogP contribution in [0.5, 0.6) is 0 Å². The van der Waals surface area contributed by atoms with Crippen LogP contribution in [-0.2, 0) is 6.42 Å². The second-order valence-electron chi connectivity index (χ2n) is 3.96. The number of hydrogen-bond donors (Lipinski definition) is 2. The maximum atomic E-state index is 12.1. The fourth-order valence-electron chi connectivity index (χ4n) is 1.79. The Hall–Kier alpha value is -2.28. The van der Waals surface area contributed by atoms with Crippen LogP contribution in [0.4, 0.5) is 5.95 Å². The molecule has 19 heavy (non-hydrogen) atoms. The van der Waals surface area contributed by atoms with E-state index >= 15 is 0 Å². The van der Waals surface area contributed by atoms with Gasteiger partial charge in [0.15, 0.2) is 0 Å². The molecule has 3 rings (SSSR count). The van der Waals surface area contributed by atoms with Gasteiger partial charge in [0.1, 0.15) is 4.88 Å². The van der Waals surface area contributed by atoms with E-state index in [1.807, 2.05) is 31.2 Å². The van der Waals surface area contributed by atoms with Crippen LogP contribution in [0.2, 0.25) is 0 Å². The average Bonchev–Trinajstić information content (AvgIpc) is 3.03. The topological polar surface area (TPSA) is 83.6 Å². The van der Waals surface area contributed by atoms with Crippen LogP contribution in [-0.4, -0.2) is 25.5 Å². The highest BCUT2D eigenvalue weighted by molar-refractivity contribution is 7.08. The lowest BCUT2D eigenvalue weighted by Crippen LogP contribution is -2.13. The Morgan fingerprint density at radius 2 is 2.26 bits per heavy atom. The second-order valence-corrected chi connectivity index (χ2v) is 4.71. The highest BCUT2D eigenvalue weighted by atomic mass is 32.1. The Balaban J connectivity index is 1.86. The van der Waals surface area contributed by atoms with Crippen molar-refractivity contribution in [2.75, 3.05) is 5.32 Å². The Morgan fingerprint density at radius 1 is 1.42 bits per heavy atom. The van der Waals surface area contributed by atoms with Gasteiger partial charge in [-0.15, -0.1) is 5.10 Å². The van der Waals surface area contributed by atoms with E-state index in [1.165, 1.54) is 0 Å². The summed E-state index contributed by atoms with van der Waals surface area (Å²) in [6.45, 7) is 1.94. The SMILES string of the molecule is CCc1nnsc1C(=O)Nc1nc2ccccc2[nH]1. The Labute approximate surface area is 113 Å². The van der Waals surface area contributed by atoms with Crippen molar-refractivity contribution in [1.29, 1.82) is 0 Å². The number of nitrogens with one attached hydrogen (secondary N) is 2. The van der Waals surface area contributed by atoms with Gasteiger partial charge in [0.05, 0.1) is 16.7 Å². The van der Waals surface area contributed by atoms with E-state index in [4.69, 9.17) is 0 Å². The van der Waals surface area contributed by atoms with Crippen LogP contribution in [0.25, 0.3) is 11.0 Å². The van der Waals surface area contributed by atoms with E-state index < -0.39 is 0 Å². The van der Waals surface area contributed by atoms with Crippen LogP contribution < -0.4 is 5.32 Å². The van der Waals surface area contributed by atoms with E-state index in [-0.39, 0.29) is 5.91 Å². The molecule has 0 radical (unpaired) electrons. The van der Waals surface area contributed by atoms with Crippen molar-refractivity contribution in [2.45, 2.75) is 13.3 Å². The minimum atomic E-state index is -0.231. The number of H-pyrrole nitrogens is 1. The zero-order valence-electron chi connectivity index (χ0n) is 10.2. The largest absolute Gasteiger partial charge is 0.324 e. The third kappa shape index (κ3) is 2.19. The number of aromatic amines is 1. The maximum Gasteiger partial charge on any atom is 0.271 e. The van der Waals surface area contributed by atoms with Gasteiger partial charge in [-0.1, -0.05) is 23.5 Å². The standard InChI is InChI=1S/C12H11N5OS/c1-2-7-10(19-17-16-7)11(18)15-12-13-8-5-3-4-6-9(8)14-12/h3-6H,2H2,1H3,(H2,13,14,15,18). The summed E-state index contributed by atoms with van der Waals surface area (Å²) in [7, 11) is 0. The number of amides is 1. The molecule has 0 fully saturated rings. The molecule has 0 saturated carbocycles. The number of nitrogens with zero attached hydrogens (tertiary/aromatic N) is 3. The third-order valence-corrected chi connectivity index (χ3v) is 3.49. The monoisotopic (exact) mass is 273 g/mol. The molecule has 0 unspecified atom stereocenters. The number of aromatic nitrogens is 4. The summed E-state index contributed by atoms with van der Waals surface area (Å²) in [4.78, 5) is 20.0. The van der Waals surface area contributed by atoms with E-state index in [9.17, 15) is 4.79 Å². The molecule has 2 aromatic heterocycles. The molecule has 7 heteroatoms. The molecule has 2 heterocycles. The van der Waals surface area contributed by atoms with Gasteiger partial charge in [0, 0.05) is 0 Å². The summed E-state index contributed by atoms with van der Waals surface area (Å²) in [6, 6.07) is 7.60. The number of hydrogen-bond acceptors (Lipinski definition) is 5. The quantitative estimate of drug-likeness (QED) is 0.766. The summed E-state index contributed by atoms with van der Waals surface area (Å²) < 4.78 is 3.80. The Kier molecular flexibility index (Phi) is 2.96. The zero-order valence-corrected chi connectivity index (χ0v) is 11.0. The maximum absolute atomic E-state index is 12.1. The molecule has 0 aliphatic carbocycles. The number of imidazole rings is 1. The van der Waals surface area contributed by atoms with Crippen LogP contribution in [0.1, 0.15) is 22.3 Å².